The molecule has 3 aromatic carbocycles. The molecule has 6 nitrogen and oxygen atoms in total. The van der Waals surface area contributed by atoms with Gasteiger partial charge in [0.25, 0.3) is 5.91 Å². The van der Waals surface area contributed by atoms with Gasteiger partial charge in [0.05, 0.1) is 12.8 Å². The van der Waals surface area contributed by atoms with Gasteiger partial charge in [-0.15, -0.1) is 0 Å². The molecular formula is C29H38N4O2. The van der Waals surface area contributed by atoms with Crippen molar-refractivity contribution in [3.05, 3.63) is 77.4 Å². The van der Waals surface area contributed by atoms with Gasteiger partial charge < -0.3 is 10.0 Å². The summed E-state index contributed by atoms with van der Waals surface area (Å²) in [6.07, 6.45) is 2.46. The van der Waals surface area contributed by atoms with E-state index in [1.807, 2.05) is 42.3 Å². The molecule has 0 fully saturated rings. The first kappa shape index (κ1) is 26.4. The summed E-state index contributed by atoms with van der Waals surface area (Å²) in [4.78, 5) is 16.6. The van der Waals surface area contributed by atoms with Crippen molar-refractivity contribution in [1.82, 2.24) is 15.2 Å². The van der Waals surface area contributed by atoms with Gasteiger partial charge >= 0.3 is 0 Å². The van der Waals surface area contributed by atoms with Crippen LogP contribution in [0.4, 0.5) is 0 Å². The third-order valence-corrected chi connectivity index (χ3v) is 6.10. The van der Waals surface area contributed by atoms with Gasteiger partial charge in [-0.25, -0.2) is 5.43 Å². The third kappa shape index (κ3) is 7.91. The van der Waals surface area contributed by atoms with Crippen LogP contribution in [0.5, 0.6) is 5.75 Å². The number of fused-ring (bicyclic) bond motifs is 1. The number of phenolic OH excluding ortho intramolecular Hbond substituents is 1. The quantitative estimate of drug-likeness (QED) is 0.329. The first-order valence-electron chi connectivity index (χ1n) is 12.1. The van der Waals surface area contributed by atoms with Crippen LogP contribution in [0.3, 0.4) is 0 Å². The second kappa shape index (κ2) is 12.0. The number of nitrogens with one attached hydrogen (secondary N) is 1. The molecule has 0 aromatic heterocycles. The van der Waals surface area contributed by atoms with Crippen molar-refractivity contribution in [2.24, 2.45) is 5.10 Å². The number of rotatable bonds is 10. The lowest BCUT2D eigenvalue weighted by atomic mass is 9.87. The second-order valence-corrected chi connectivity index (χ2v) is 10.3. The molecule has 0 aliphatic carbocycles. The van der Waals surface area contributed by atoms with Crippen molar-refractivity contribution in [3.8, 4) is 5.75 Å². The van der Waals surface area contributed by atoms with E-state index in [1.54, 1.807) is 6.07 Å². The summed E-state index contributed by atoms with van der Waals surface area (Å²) in [5, 5.41) is 16.1. The van der Waals surface area contributed by atoms with Crippen molar-refractivity contribution >= 4 is 22.9 Å². The van der Waals surface area contributed by atoms with Gasteiger partial charge in [-0.05, 0) is 67.0 Å². The number of likely N-dealkylation sites (N-methyl/N-ethyl adjacent to an activating group) is 1. The first-order valence-corrected chi connectivity index (χ1v) is 12.1. The molecule has 1 amide bonds. The van der Waals surface area contributed by atoms with E-state index in [-0.39, 0.29) is 23.6 Å². The Labute approximate surface area is 209 Å². The molecule has 0 aliphatic heterocycles. The fourth-order valence-corrected chi connectivity index (χ4v) is 4.06. The summed E-state index contributed by atoms with van der Waals surface area (Å²) in [6, 6.07) is 20.1. The second-order valence-electron chi connectivity index (χ2n) is 10.3. The Hall–Kier alpha value is -3.22. The van der Waals surface area contributed by atoms with Crippen molar-refractivity contribution < 1.29 is 9.90 Å². The van der Waals surface area contributed by atoms with Crippen LogP contribution in [0.1, 0.15) is 43.9 Å². The fraction of sp³-hybridized carbons (Fsp3) is 0.379. The lowest BCUT2D eigenvalue weighted by Gasteiger charge is -2.21. The van der Waals surface area contributed by atoms with Crippen molar-refractivity contribution in [2.45, 2.75) is 39.2 Å². The van der Waals surface area contributed by atoms with Gasteiger partial charge in [0, 0.05) is 12.1 Å². The predicted octanol–water partition coefficient (Wildman–Crippen LogP) is 4.75. The number of phenols is 1. The normalized spacial score (nSPS) is 12.2. The first-order chi connectivity index (χ1) is 16.6. The van der Waals surface area contributed by atoms with E-state index in [0.29, 0.717) is 5.56 Å². The number of carbonyl (C=O) groups excluding carboxylic acids is 1. The van der Waals surface area contributed by atoms with Gasteiger partial charge in [0.15, 0.2) is 0 Å². The molecule has 0 heterocycles. The number of amides is 1. The summed E-state index contributed by atoms with van der Waals surface area (Å²) in [5.41, 5.74) is 5.99. The van der Waals surface area contributed by atoms with Gasteiger partial charge in [-0.1, -0.05) is 75.4 Å². The fourth-order valence-electron chi connectivity index (χ4n) is 4.06. The molecule has 6 heteroatoms. The van der Waals surface area contributed by atoms with E-state index < -0.39 is 0 Å². The summed E-state index contributed by atoms with van der Waals surface area (Å²) in [7, 11) is 4.06. The van der Waals surface area contributed by atoms with Crippen LogP contribution in [-0.2, 0) is 16.8 Å². The summed E-state index contributed by atoms with van der Waals surface area (Å²) >= 11 is 0. The van der Waals surface area contributed by atoms with Gasteiger partial charge in [-0.3, -0.25) is 9.69 Å². The molecule has 3 aromatic rings. The lowest BCUT2D eigenvalue weighted by Crippen LogP contribution is -2.34. The van der Waals surface area contributed by atoms with E-state index >= 15 is 0 Å². The standard InChI is InChI=1S/C29H38N4O2/c1-29(2,3)24-14-11-22(12-15-24)20-32(4)17-8-18-33(5)21-28(35)31-30-19-26-25-10-7-6-9-23(25)13-16-27(26)34/h6-7,9-16,19,34H,8,17-18,20-21H2,1-5H3,(H,31,35)/b30-19+. The van der Waals surface area contributed by atoms with Crippen molar-refractivity contribution in [3.63, 3.8) is 0 Å². The molecule has 0 bridgehead atoms. The molecule has 0 atom stereocenters. The highest BCUT2D eigenvalue weighted by Crippen LogP contribution is 2.25. The summed E-state index contributed by atoms with van der Waals surface area (Å²) in [5.74, 6) is -0.0520. The van der Waals surface area contributed by atoms with Crippen LogP contribution < -0.4 is 5.43 Å². The Balaban J connectivity index is 1.39. The highest BCUT2D eigenvalue weighted by Gasteiger charge is 2.13. The Bertz CT molecular complexity index is 1150. The van der Waals surface area contributed by atoms with E-state index in [2.05, 4.69) is 67.5 Å². The Morgan fingerprint density at radius 2 is 1.66 bits per heavy atom. The third-order valence-electron chi connectivity index (χ3n) is 6.10. The van der Waals surface area contributed by atoms with Crippen molar-refractivity contribution in [2.75, 3.05) is 33.7 Å². The number of nitrogens with zero attached hydrogens (tertiary/aromatic N) is 3. The minimum absolute atomic E-state index is 0.132. The largest absolute Gasteiger partial charge is 0.507 e. The van der Waals surface area contributed by atoms with Crippen LogP contribution in [0.2, 0.25) is 0 Å². The van der Waals surface area contributed by atoms with Gasteiger partial charge in [-0.2, -0.15) is 5.10 Å². The maximum atomic E-state index is 12.3. The van der Waals surface area contributed by atoms with E-state index in [4.69, 9.17) is 0 Å². The summed E-state index contributed by atoms with van der Waals surface area (Å²) < 4.78 is 0. The molecule has 2 N–H and O–H groups in total. The minimum atomic E-state index is -0.184. The van der Waals surface area contributed by atoms with Gasteiger partial charge in [0.1, 0.15) is 5.75 Å². The smallest absolute Gasteiger partial charge is 0.254 e. The number of hydrazone groups is 1. The number of hydrogen-bond donors (Lipinski definition) is 2. The van der Waals surface area contributed by atoms with Gasteiger partial charge in [0.2, 0.25) is 0 Å². The minimum Gasteiger partial charge on any atom is -0.507 e. The van der Waals surface area contributed by atoms with Crippen LogP contribution in [0.15, 0.2) is 65.8 Å². The van der Waals surface area contributed by atoms with E-state index in [9.17, 15) is 9.90 Å². The molecule has 0 saturated heterocycles. The highest BCUT2D eigenvalue weighted by atomic mass is 16.3. The Morgan fingerprint density at radius 3 is 2.37 bits per heavy atom. The van der Waals surface area contributed by atoms with Crippen LogP contribution in [0, 0.1) is 0 Å². The topological polar surface area (TPSA) is 68.2 Å². The Morgan fingerprint density at radius 1 is 0.971 bits per heavy atom. The molecule has 0 spiro atoms. The van der Waals surface area contributed by atoms with E-state index in [1.165, 1.54) is 17.3 Å². The zero-order valence-corrected chi connectivity index (χ0v) is 21.6. The number of benzene rings is 3. The molecule has 35 heavy (non-hydrogen) atoms. The monoisotopic (exact) mass is 474 g/mol. The molecule has 0 unspecified atom stereocenters. The highest BCUT2D eigenvalue weighted by molar-refractivity contribution is 6.02. The summed E-state index contributed by atoms with van der Waals surface area (Å²) in [6.45, 7) is 9.62. The molecule has 186 valence electrons. The van der Waals surface area contributed by atoms with Crippen LogP contribution >= 0.6 is 0 Å². The van der Waals surface area contributed by atoms with E-state index in [0.717, 1.165) is 36.8 Å². The maximum Gasteiger partial charge on any atom is 0.254 e. The van der Waals surface area contributed by atoms with Crippen LogP contribution in [-0.4, -0.2) is 60.8 Å². The predicted molar refractivity (Wildman–Crippen MR) is 145 cm³/mol. The number of aromatic hydroxyl groups is 1. The lowest BCUT2D eigenvalue weighted by molar-refractivity contribution is -0.121. The zero-order valence-electron chi connectivity index (χ0n) is 21.6. The number of hydrogen-bond acceptors (Lipinski definition) is 5. The Kier molecular flexibility index (Phi) is 9.01. The molecule has 0 aliphatic rings. The average Bonchev–Trinajstić information content (AvgIpc) is 2.80. The molecular weight excluding hydrogens is 436 g/mol. The molecule has 3 rings (SSSR count). The number of carbonyl (C=O) groups is 1. The SMILES string of the molecule is CN(CCCN(C)Cc1ccc(C(C)(C)C)cc1)CC(=O)N/N=C/c1c(O)ccc2ccccc12. The van der Waals surface area contributed by atoms with Crippen LogP contribution in [0.25, 0.3) is 10.8 Å². The van der Waals surface area contributed by atoms with Crippen molar-refractivity contribution in [1.29, 1.82) is 0 Å². The molecule has 0 saturated carbocycles. The molecule has 0 radical (unpaired) electrons. The maximum absolute atomic E-state index is 12.3. The zero-order chi connectivity index (χ0) is 25.4. The average molecular weight is 475 g/mol.